The molecule has 2 aliphatic heterocycles. The Morgan fingerprint density at radius 1 is 1.50 bits per heavy atom. The highest BCUT2D eigenvalue weighted by Gasteiger charge is 2.33. The quantitative estimate of drug-likeness (QED) is 0.716. The maximum absolute atomic E-state index is 11.8. The van der Waals surface area contributed by atoms with E-state index in [9.17, 15) is 18.0 Å². The van der Waals surface area contributed by atoms with Crippen LogP contribution in [0, 0.1) is 11.8 Å². The first-order chi connectivity index (χ1) is 8.37. The molecule has 2 aliphatic rings. The third kappa shape index (κ3) is 3.01. The van der Waals surface area contributed by atoms with Crippen LogP contribution in [0.5, 0.6) is 0 Å². The lowest BCUT2D eigenvalue weighted by molar-refractivity contribution is -0.128. The van der Waals surface area contributed by atoms with Crippen LogP contribution in [-0.4, -0.2) is 56.8 Å². The first-order valence-corrected chi connectivity index (χ1v) is 7.91. The van der Waals surface area contributed by atoms with Crippen molar-refractivity contribution in [1.82, 2.24) is 10.2 Å². The molecule has 2 atom stereocenters. The molecule has 0 spiro atoms. The first kappa shape index (κ1) is 13.3. The van der Waals surface area contributed by atoms with E-state index in [0.717, 1.165) is 0 Å². The lowest BCUT2D eigenvalue weighted by Crippen LogP contribution is -2.35. The maximum Gasteiger partial charge on any atom is 0.225 e. The SMILES string of the molecule is CN1C[C@@H](C(=O)NC[C@@H]2CCS(=O)(=O)C2)CC1=O. The second-order valence-electron chi connectivity index (χ2n) is 5.19. The molecule has 7 heteroatoms. The Bertz CT molecular complexity index is 460. The summed E-state index contributed by atoms with van der Waals surface area (Å²) < 4.78 is 22.5. The summed E-state index contributed by atoms with van der Waals surface area (Å²) in [5.74, 6) is -0.0421. The van der Waals surface area contributed by atoms with E-state index in [4.69, 9.17) is 0 Å². The Morgan fingerprint density at radius 3 is 2.72 bits per heavy atom. The molecule has 1 N–H and O–H groups in total. The highest BCUT2D eigenvalue weighted by molar-refractivity contribution is 7.91. The summed E-state index contributed by atoms with van der Waals surface area (Å²) in [5.41, 5.74) is 0. The van der Waals surface area contributed by atoms with Crippen molar-refractivity contribution in [2.75, 3.05) is 31.6 Å². The molecule has 18 heavy (non-hydrogen) atoms. The lowest BCUT2D eigenvalue weighted by atomic mass is 10.1. The summed E-state index contributed by atoms with van der Waals surface area (Å²) in [7, 11) is -1.21. The van der Waals surface area contributed by atoms with Crippen LogP contribution in [0.2, 0.25) is 0 Å². The first-order valence-electron chi connectivity index (χ1n) is 6.09. The smallest absolute Gasteiger partial charge is 0.225 e. The molecule has 0 aromatic rings. The van der Waals surface area contributed by atoms with Gasteiger partial charge < -0.3 is 10.2 Å². The Labute approximate surface area is 107 Å². The van der Waals surface area contributed by atoms with Crippen molar-refractivity contribution in [3.63, 3.8) is 0 Å². The van der Waals surface area contributed by atoms with Crippen LogP contribution < -0.4 is 5.32 Å². The molecule has 0 aromatic heterocycles. The van der Waals surface area contributed by atoms with Gasteiger partial charge in [-0.15, -0.1) is 0 Å². The lowest BCUT2D eigenvalue weighted by Gasteiger charge is -2.13. The molecule has 0 aromatic carbocycles. The number of nitrogens with zero attached hydrogens (tertiary/aromatic N) is 1. The van der Waals surface area contributed by atoms with E-state index < -0.39 is 9.84 Å². The minimum absolute atomic E-state index is 0.0152. The van der Waals surface area contributed by atoms with Gasteiger partial charge >= 0.3 is 0 Å². The zero-order valence-corrected chi connectivity index (χ0v) is 11.2. The van der Waals surface area contributed by atoms with Crippen LogP contribution in [0.4, 0.5) is 0 Å². The molecule has 2 heterocycles. The molecule has 0 unspecified atom stereocenters. The number of carbonyl (C=O) groups is 2. The van der Waals surface area contributed by atoms with Crippen LogP contribution in [0.25, 0.3) is 0 Å². The number of carbonyl (C=O) groups excluding carboxylic acids is 2. The Morgan fingerprint density at radius 2 is 2.22 bits per heavy atom. The van der Waals surface area contributed by atoms with Gasteiger partial charge in [0.2, 0.25) is 11.8 Å². The third-order valence-corrected chi connectivity index (χ3v) is 5.44. The molecular weight excluding hydrogens is 256 g/mol. The predicted octanol–water partition coefficient (Wildman–Crippen LogP) is -0.984. The van der Waals surface area contributed by atoms with Gasteiger partial charge in [-0.25, -0.2) is 8.42 Å². The molecule has 0 saturated carbocycles. The van der Waals surface area contributed by atoms with Gasteiger partial charge in [0.05, 0.1) is 17.4 Å². The topological polar surface area (TPSA) is 83.6 Å². The van der Waals surface area contributed by atoms with Crippen molar-refractivity contribution in [2.24, 2.45) is 11.8 Å². The van der Waals surface area contributed by atoms with Crippen molar-refractivity contribution in [1.29, 1.82) is 0 Å². The fourth-order valence-electron chi connectivity index (χ4n) is 2.46. The van der Waals surface area contributed by atoms with Gasteiger partial charge in [-0.1, -0.05) is 0 Å². The van der Waals surface area contributed by atoms with Gasteiger partial charge in [0.25, 0.3) is 0 Å². The fraction of sp³-hybridized carbons (Fsp3) is 0.818. The molecule has 2 fully saturated rings. The normalized spacial score (nSPS) is 30.7. The van der Waals surface area contributed by atoms with E-state index in [1.807, 2.05) is 0 Å². The number of likely N-dealkylation sites (tertiary alicyclic amines) is 1. The minimum atomic E-state index is -2.89. The molecular formula is C11H18N2O4S. The van der Waals surface area contributed by atoms with E-state index in [1.54, 1.807) is 11.9 Å². The van der Waals surface area contributed by atoms with Crippen molar-refractivity contribution in [3.8, 4) is 0 Å². The molecule has 102 valence electrons. The van der Waals surface area contributed by atoms with Gasteiger partial charge in [0, 0.05) is 26.6 Å². The second-order valence-corrected chi connectivity index (χ2v) is 7.42. The van der Waals surface area contributed by atoms with Crippen molar-refractivity contribution in [2.45, 2.75) is 12.8 Å². The number of rotatable bonds is 3. The average Bonchev–Trinajstić information content (AvgIpc) is 2.80. The number of nitrogens with one attached hydrogen (secondary N) is 1. The standard InChI is InChI=1S/C11H18N2O4S/c1-13-6-9(4-10(13)14)11(15)12-5-8-2-3-18(16,17)7-8/h8-9H,2-7H2,1H3,(H,12,15)/t8-,9-/m0/s1. The molecule has 2 rings (SSSR count). The zero-order valence-electron chi connectivity index (χ0n) is 10.4. The second kappa shape index (κ2) is 4.87. The molecule has 0 bridgehead atoms. The van der Waals surface area contributed by atoms with Crippen molar-refractivity contribution >= 4 is 21.7 Å². The Kier molecular flexibility index (Phi) is 3.61. The number of hydrogen-bond acceptors (Lipinski definition) is 4. The molecule has 6 nitrogen and oxygen atoms in total. The van der Waals surface area contributed by atoms with E-state index in [2.05, 4.69) is 5.32 Å². The Balaban J connectivity index is 1.78. The maximum atomic E-state index is 11.8. The van der Waals surface area contributed by atoms with Crippen molar-refractivity contribution < 1.29 is 18.0 Å². The van der Waals surface area contributed by atoms with E-state index >= 15 is 0 Å². The summed E-state index contributed by atoms with van der Waals surface area (Å²) in [6.45, 7) is 0.847. The monoisotopic (exact) mass is 274 g/mol. The van der Waals surface area contributed by atoms with Gasteiger partial charge in [0.15, 0.2) is 9.84 Å². The highest BCUT2D eigenvalue weighted by Crippen LogP contribution is 2.19. The van der Waals surface area contributed by atoms with Crippen LogP contribution in [0.1, 0.15) is 12.8 Å². The van der Waals surface area contributed by atoms with E-state index in [0.29, 0.717) is 19.5 Å². The van der Waals surface area contributed by atoms with Gasteiger partial charge in [-0.3, -0.25) is 9.59 Å². The summed E-state index contributed by atoms with van der Waals surface area (Å²) in [6.07, 6.45) is 0.872. The van der Waals surface area contributed by atoms with Crippen LogP contribution >= 0.6 is 0 Å². The Hall–Kier alpha value is -1.11. The minimum Gasteiger partial charge on any atom is -0.355 e. The largest absolute Gasteiger partial charge is 0.355 e. The molecule has 0 radical (unpaired) electrons. The number of hydrogen-bond donors (Lipinski definition) is 1. The fourth-order valence-corrected chi connectivity index (χ4v) is 4.32. The summed E-state index contributed by atoms with van der Waals surface area (Å²) >= 11 is 0. The van der Waals surface area contributed by atoms with E-state index in [-0.39, 0.29) is 41.6 Å². The van der Waals surface area contributed by atoms with Crippen molar-refractivity contribution in [3.05, 3.63) is 0 Å². The van der Waals surface area contributed by atoms with Crippen LogP contribution in [0.3, 0.4) is 0 Å². The predicted molar refractivity (Wildman–Crippen MR) is 65.5 cm³/mol. The molecule has 2 amide bonds. The summed E-state index contributed by atoms with van der Waals surface area (Å²) in [4.78, 5) is 24.7. The zero-order chi connectivity index (χ0) is 13.3. The van der Waals surface area contributed by atoms with E-state index in [1.165, 1.54) is 0 Å². The molecule has 0 aliphatic carbocycles. The van der Waals surface area contributed by atoms with Gasteiger partial charge in [-0.2, -0.15) is 0 Å². The molecule has 2 saturated heterocycles. The van der Waals surface area contributed by atoms with Gasteiger partial charge in [0.1, 0.15) is 0 Å². The van der Waals surface area contributed by atoms with Gasteiger partial charge in [-0.05, 0) is 12.3 Å². The number of amides is 2. The third-order valence-electron chi connectivity index (χ3n) is 3.60. The number of sulfone groups is 1. The summed E-state index contributed by atoms with van der Waals surface area (Å²) in [5, 5.41) is 2.76. The average molecular weight is 274 g/mol. The highest BCUT2D eigenvalue weighted by atomic mass is 32.2. The van der Waals surface area contributed by atoms with Crippen LogP contribution in [0.15, 0.2) is 0 Å². The van der Waals surface area contributed by atoms with Crippen LogP contribution in [-0.2, 0) is 19.4 Å². The summed E-state index contributed by atoms with van der Waals surface area (Å²) in [6, 6.07) is 0.